The topological polar surface area (TPSA) is 108 Å². The van der Waals surface area contributed by atoms with Crippen molar-refractivity contribution in [3.63, 3.8) is 0 Å². The summed E-state index contributed by atoms with van der Waals surface area (Å²) >= 11 is 5.93. The lowest BCUT2D eigenvalue weighted by molar-refractivity contribution is 0.159. The Morgan fingerprint density at radius 3 is 2.88 bits per heavy atom. The number of nitrogens with one attached hydrogen (secondary N) is 1. The lowest BCUT2D eigenvalue weighted by Crippen LogP contribution is -2.54. The van der Waals surface area contributed by atoms with E-state index >= 15 is 0 Å². The molecule has 178 valence electrons. The summed E-state index contributed by atoms with van der Waals surface area (Å²) in [6, 6.07) is 7.29. The Morgan fingerprint density at radius 2 is 2.12 bits per heavy atom. The van der Waals surface area contributed by atoms with Crippen LogP contribution >= 0.6 is 11.6 Å². The van der Waals surface area contributed by atoms with Crippen molar-refractivity contribution in [2.45, 2.75) is 44.3 Å². The maximum atomic E-state index is 13.6. The summed E-state index contributed by atoms with van der Waals surface area (Å²) in [6.45, 7) is 1.52. The minimum atomic E-state index is -0.460. The van der Waals surface area contributed by atoms with Crippen LogP contribution in [0.3, 0.4) is 0 Å². The standard InChI is InChI=1S/C23H24ClFN6O3/c24-15-8-14(9-16(25)10-15)20-11-19(34-29-20)12-27-23(33)31(17-3-4-17)18-2-1-7-30(13-18)22-26-6-5-21(32)28-22/h5-6,8-11,17-18H,1-4,7,12-13H2,(H,27,33)(H,26,28,32)/t18-/m1/s1. The SMILES string of the molecule is O=C(NCc1cc(-c2cc(F)cc(Cl)c2)no1)N(C1CC1)[C@@H]1CCCN(c2nccc(O)n2)C1. The highest BCUT2D eigenvalue weighted by molar-refractivity contribution is 6.30. The minimum absolute atomic E-state index is 0.00641. The summed E-state index contributed by atoms with van der Waals surface area (Å²) in [7, 11) is 0. The van der Waals surface area contributed by atoms with Crippen molar-refractivity contribution in [3.8, 4) is 17.1 Å². The zero-order valence-corrected chi connectivity index (χ0v) is 19.1. The van der Waals surface area contributed by atoms with E-state index in [0.717, 1.165) is 32.2 Å². The van der Waals surface area contributed by atoms with Gasteiger partial charge < -0.3 is 24.7 Å². The molecule has 2 N–H and O–H groups in total. The van der Waals surface area contributed by atoms with E-state index in [1.54, 1.807) is 12.1 Å². The molecule has 11 heteroatoms. The van der Waals surface area contributed by atoms with Gasteiger partial charge in [0, 0.05) is 48.0 Å². The van der Waals surface area contributed by atoms with Gasteiger partial charge in [0.1, 0.15) is 11.5 Å². The first-order valence-corrected chi connectivity index (χ1v) is 11.6. The van der Waals surface area contributed by atoms with Gasteiger partial charge in [-0.25, -0.2) is 14.2 Å². The second-order valence-electron chi connectivity index (χ2n) is 8.59. The predicted octanol–water partition coefficient (Wildman–Crippen LogP) is 3.97. The molecular formula is C23H24ClFN6O3. The Balaban J connectivity index is 1.24. The Kier molecular flexibility index (Phi) is 6.23. The van der Waals surface area contributed by atoms with E-state index in [0.29, 0.717) is 29.5 Å². The lowest BCUT2D eigenvalue weighted by atomic mass is 10.0. The van der Waals surface area contributed by atoms with Crippen LogP contribution in [0.4, 0.5) is 15.1 Å². The van der Waals surface area contributed by atoms with Crippen LogP contribution in [0.2, 0.25) is 5.02 Å². The number of urea groups is 1. The lowest BCUT2D eigenvalue weighted by Gasteiger charge is -2.39. The number of aromatic hydroxyl groups is 1. The highest BCUT2D eigenvalue weighted by atomic mass is 35.5. The first-order valence-electron chi connectivity index (χ1n) is 11.2. The minimum Gasteiger partial charge on any atom is -0.493 e. The summed E-state index contributed by atoms with van der Waals surface area (Å²) < 4.78 is 19.0. The summed E-state index contributed by atoms with van der Waals surface area (Å²) in [5, 5.41) is 16.9. The fourth-order valence-electron chi connectivity index (χ4n) is 4.33. The van der Waals surface area contributed by atoms with E-state index in [1.807, 2.05) is 9.80 Å². The van der Waals surface area contributed by atoms with E-state index in [-0.39, 0.29) is 35.6 Å². The average Bonchev–Trinajstić information content (AvgIpc) is 3.52. The van der Waals surface area contributed by atoms with Gasteiger partial charge in [-0.1, -0.05) is 16.8 Å². The van der Waals surface area contributed by atoms with Crippen molar-refractivity contribution in [1.82, 2.24) is 25.3 Å². The molecule has 2 fully saturated rings. The van der Waals surface area contributed by atoms with Crippen molar-refractivity contribution in [3.05, 3.63) is 53.1 Å². The monoisotopic (exact) mass is 486 g/mol. The zero-order valence-electron chi connectivity index (χ0n) is 18.3. The van der Waals surface area contributed by atoms with Crippen LogP contribution in [0.1, 0.15) is 31.4 Å². The summed E-state index contributed by atoms with van der Waals surface area (Å²) in [4.78, 5) is 25.4. The van der Waals surface area contributed by atoms with Crippen molar-refractivity contribution >= 4 is 23.6 Å². The van der Waals surface area contributed by atoms with Gasteiger partial charge in [0.2, 0.25) is 11.8 Å². The number of aromatic nitrogens is 3. The van der Waals surface area contributed by atoms with E-state index in [9.17, 15) is 14.3 Å². The van der Waals surface area contributed by atoms with Gasteiger partial charge in [0.25, 0.3) is 0 Å². The number of hydrogen-bond donors (Lipinski definition) is 2. The van der Waals surface area contributed by atoms with Crippen LogP contribution in [0.5, 0.6) is 5.88 Å². The Bertz CT molecular complexity index is 1170. The third kappa shape index (κ3) is 5.06. The number of rotatable bonds is 6. The molecule has 3 aromatic rings. The van der Waals surface area contributed by atoms with Crippen LogP contribution in [-0.4, -0.2) is 56.3 Å². The largest absolute Gasteiger partial charge is 0.493 e. The molecule has 1 aromatic carbocycles. The molecule has 0 unspecified atom stereocenters. The summed E-state index contributed by atoms with van der Waals surface area (Å²) in [5.74, 6) is 0.388. The van der Waals surface area contributed by atoms with E-state index in [4.69, 9.17) is 16.1 Å². The molecule has 1 saturated heterocycles. The molecule has 1 saturated carbocycles. The van der Waals surface area contributed by atoms with Crippen LogP contribution in [-0.2, 0) is 6.54 Å². The third-order valence-corrected chi connectivity index (χ3v) is 6.23. The first kappa shape index (κ1) is 22.4. The van der Waals surface area contributed by atoms with Gasteiger partial charge >= 0.3 is 6.03 Å². The van der Waals surface area contributed by atoms with Gasteiger partial charge in [-0.3, -0.25) is 0 Å². The van der Waals surface area contributed by atoms with Crippen LogP contribution < -0.4 is 10.2 Å². The van der Waals surface area contributed by atoms with Crippen molar-refractivity contribution < 1.29 is 18.8 Å². The van der Waals surface area contributed by atoms with Crippen LogP contribution in [0, 0.1) is 5.82 Å². The molecule has 0 spiro atoms. The molecular weight excluding hydrogens is 463 g/mol. The maximum Gasteiger partial charge on any atom is 0.318 e. The highest BCUT2D eigenvalue weighted by Crippen LogP contribution is 2.32. The van der Waals surface area contributed by atoms with Crippen molar-refractivity contribution in [2.24, 2.45) is 0 Å². The number of carbonyl (C=O) groups is 1. The molecule has 2 aliphatic rings. The van der Waals surface area contributed by atoms with Crippen LogP contribution in [0.15, 0.2) is 41.1 Å². The predicted molar refractivity (Wildman–Crippen MR) is 123 cm³/mol. The number of halogens is 2. The number of nitrogens with zero attached hydrogens (tertiary/aromatic N) is 5. The average molecular weight is 487 g/mol. The number of benzene rings is 1. The number of piperidine rings is 1. The maximum absolute atomic E-state index is 13.6. The normalized spacial score (nSPS) is 18.1. The van der Waals surface area contributed by atoms with Gasteiger partial charge in [-0.05, 0) is 43.9 Å². The Hall–Kier alpha value is -3.40. The second-order valence-corrected chi connectivity index (χ2v) is 9.03. The molecule has 0 radical (unpaired) electrons. The molecule has 2 aromatic heterocycles. The summed E-state index contributed by atoms with van der Waals surface area (Å²) in [5.41, 5.74) is 0.945. The smallest absolute Gasteiger partial charge is 0.318 e. The number of hydrogen-bond acceptors (Lipinski definition) is 7. The molecule has 34 heavy (non-hydrogen) atoms. The van der Waals surface area contributed by atoms with Gasteiger partial charge in [0.15, 0.2) is 5.76 Å². The second kappa shape index (κ2) is 9.46. The van der Waals surface area contributed by atoms with Gasteiger partial charge in [-0.15, -0.1) is 0 Å². The molecule has 3 heterocycles. The Morgan fingerprint density at radius 1 is 1.26 bits per heavy atom. The van der Waals surface area contributed by atoms with Gasteiger partial charge in [-0.2, -0.15) is 4.98 Å². The van der Waals surface area contributed by atoms with Crippen molar-refractivity contribution in [1.29, 1.82) is 0 Å². The highest BCUT2D eigenvalue weighted by Gasteiger charge is 2.39. The molecule has 0 bridgehead atoms. The fourth-order valence-corrected chi connectivity index (χ4v) is 4.55. The molecule has 5 rings (SSSR count). The Labute approximate surface area is 200 Å². The van der Waals surface area contributed by atoms with Crippen LogP contribution in [0.25, 0.3) is 11.3 Å². The number of carbonyl (C=O) groups excluding carboxylic acids is 1. The fraction of sp³-hybridized carbons (Fsp3) is 0.391. The molecule has 2 amide bonds. The first-order chi connectivity index (χ1) is 16.5. The van der Waals surface area contributed by atoms with E-state index in [1.165, 1.54) is 24.4 Å². The van der Waals surface area contributed by atoms with Crippen molar-refractivity contribution in [2.75, 3.05) is 18.0 Å². The quantitative estimate of drug-likeness (QED) is 0.542. The molecule has 1 aliphatic heterocycles. The molecule has 9 nitrogen and oxygen atoms in total. The molecule has 1 atom stereocenters. The molecule has 1 aliphatic carbocycles. The van der Waals surface area contributed by atoms with Gasteiger partial charge in [0.05, 0.1) is 12.6 Å². The van der Waals surface area contributed by atoms with E-state index in [2.05, 4.69) is 20.4 Å². The number of anilines is 1. The third-order valence-electron chi connectivity index (χ3n) is 6.01. The zero-order chi connectivity index (χ0) is 23.7. The van der Waals surface area contributed by atoms with E-state index < -0.39 is 5.82 Å². The number of amides is 2. The summed E-state index contributed by atoms with van der Waals surface area (Å²) in [6.07, 6.45) is 5.24.